The zero-order chi connectivity index (χ0) is 10.3. The zero-order valence-electron chi connectivity index (χ0n) is 7.95. The van der Waals surface area contributed by atoms with Gasteiger partial charge in [-0.1, -0.05) is 0 Å². The Morgan fingerprint density at radius 2 is 2.43 bits per heavy atom. The monoisotopic (exact) mass is 195 g/mol. The first-order chi connectivity index (χ1) is 6.56. The van der Waals surface area contributed by atoms with Crippen molar-refractivity contribution in [3.05, 3.63) is 17.7 Å². The van der Waals surface area contributed by atoms with Crippen LogP contribution in [0.15, 0.2) is 6.33 Å². The summed E-state index contributed by atoms with van der Waals surface area (Å²) in [6, 6.07) is -0.0119. The van der Waals surface area contributed by atoms with Crippen molar-refractivity contribution in [2.24, 2.45) is 5.73 Å². The Labute approximate surface area is 81.3 Å². The van der Waals surface area contributed by atoms with E-state index < -0.39 is 11.4 Å². The van der Waals surface area contributed by atoms with E-state index in [0.29, 0.717) is 18.5 Å². The first-order valence-electron chi connectivity index (χ1n) is 4.56. The molecule has 0 aromatic carbocycles. The van der Waals surface area contributed by atoms with E-state index in [-0.39, 0.29) is 6.04 Å². The van der Waals surface area contributed by atoms with Crippen LogP contribution in [0, 0.1) is 6.92 Å². The first kappa shape index (κ1) is 9.21. The van der Waals surface area contributed by atoms with Gasteiger partial charge in [0.05, 0.1) is 12.0 Å². The van der Waals surface area contributed by atoms with Gasteiger partial charge in [-0.2, -0.15) is 0 Å². The molecule has 14 heavy (non-hydrogen) atoms. The highest BCUT2D eigenvalue weighted by Gasteiger charge is 2.52. The number of rotatable bonds is 2. The van der Waals surface area contributed by atoms with Crippen molar-refractivity contribution in [2.45, 2.75) is 31.2 Å². The number of nitrogens with zero attached hydrogens (tertiary/aromatic N) is 1. The van der Waals surface area contributed by atoms with Gasteiger partial charge in [-0.25, -0.2) is 4.98 Å². The molecule has 76 valence electrons. The summed E-state index contributed by atoms with van der Waals surface area (Å²) in [7, 11) is 0. The third-order valence-corrected chi connectivity index (χ3v) is 2.91. The lowest BCUT2D eigenvalue weighted by Crippen LogP contribution is -2.54. The number of carboxylic acids is 1. The molecular formula is C9H13N3O2. The molecule has 1 aromatic rings. The van der Waals surface area contributed by atoms with Crippen LogP contribution in [0.3, 0.4) is 0 Å². The molecule has 0 radical (unpaired) electrons. The number of H-pyrrole nitrogens is 1. The minimum atomic E-state index is -0.844. The highest BCUT2D eigenvalue weighted by molar-refractivity contribution is 5.82. The Hall–Kier alpha value is -1.36. The number of aryl methyl sites for hydroxylation is 1. The summed E-state index contributed by atoms with van der Waals surface area (Å²) in [5, 5.41) is 9.19. The van der Waals surface area contributed by atoms with Crippen LogP contribution in [0.1, 0.15) is 24.2 Å². The maximum absolute atomic E-state index is 11.2. The van der Waals surface area contributed by atoms with E-state index in [1.165, 1.54) is 6.33 Å². The second-order valence-corrected chi connectivity index (χ2v) is 3.93. The second kappa shape index (κ2) is 2.81. The van der Waals surface area contributed by atoms with Gasteiger partial charge in [0.25, 0.3) is 0 Å². The van der Waals surface area contributed by atoms with Crippen LogP contribution in [0.5, 0.6) is 0 Å². The molecule has 1 fully saturated rings. The fourth-order valence-electron chi connectivity index (χ4n) is 2.15. The highest BCUT2D eigenvalue weighted by Crippen LogP contribution is 2.43. The molecule has 5 nitrogen and oxygen atoms in total. The molecule has 1 saturated carbocycles. The van der Waals surface area contributed by atoms with E-state index in [4.69, 9.17) is 5.73 Å². The zero-order valence-corrected chi connectivity index (χ0v) is 7.95. The standard InChI is InChI=1S/C9H13N3O2/c1-5-7(12-4-11-5)9(8(13)14)2-6(10)3-9/h4,6H,2-3,10H2,1H3,(H,11,12)(H,13,14). The predicted octanol–water partition coefficient (Wildman–Crippen LogP) is 0.162. The summed E-state index contributed by atoms with van der Waals surface area (Å²) >= 11 is 0. The molecule has 0 spiro atoms. The summed E-state index contributed by atoms with van der Waals surface area (Å²) in [5.74, 6) is -0.825. The largest absolute Gasteiger partial charge is 0.481 e. The van der Waals surface area contributed by atoms with Gasteiger partial charge in [0.1, 0.15) is 5.41 Å². The van der Waals surface area contributed by atoms with Gasteiger partial charge in [0.15, 0.2) is 0 Å². The Bertz CT molecular complexity index is 366. The molecule has 5 heteroatoms. The maximum Gasteiger partial charge on any atom is 0.315 e. The molecule has 1 aliphatic carbocycles. The van der Waals surface area contributed by atoms with Crippen LogP contribution in [0.4, 0.5) is 0 Å². The van der Waals surface area contributed by atoms with Gasteiger partial charge in [0.2, 0.25) is 0 Å². The predicted molar refractivity (Wildman–Crippen MR) is 49.8 cm³/mol. The number of nitrogens with two attached hydrogens (primary N) is 1. The van der Waals surface area contributed by atoms with Crippen molar-refractivity contribution in [1.82, 2.24) is 9.97 Å². The van der Waals surface area contributed by atoms with Crippen molar-refractivity contribution in [2.75, 3.05) is 0 Å². The molecule has 0 atom stereocenters. The van der Waals surface area contributed by atoms with E-state index in [2.05, 4.69) is 9.97 Å². The third-order valence-electron chi connectivity index (χ3n) is 2.91. The molecule has 0 aliphatic heterocycles. The normalized spacial score (nSPS) is 31.1. The topological polar surface area (TPSA) is 92.0 Å². The molecule has 2 rings (SSSR count). The average molecular weight is 195 g/mol. The van der Waals surface area contributed by atoms with E-state index in [0.717, 1.165) is 5.69 Å². The summed E-state index contributed by atoms with van der Waals surface area (Å²) in [4.78, 5) is 18.2. The number of aromatic amines is 1. The number of hydrogen-bond donors (Lipinski definition) is 3. The van der Waals surface area contributed by atoms with Crippen molar-refractivity contribution in [1.29, 1.82) is 0 Å². The van der Waals surface area contributed by atoms with Crippen LogP contribution in [0.25, 0.3) is 0 Å². The van der Waals surface area contributed by atoms with Crippen molar-refractivity contribution < 1.29 is 9.90 Å². The van der Waals surface area contributed by atoms with Gasteiger partial charge >= 0.3 is 5.97 Å². The SMILES string of the molecule is Cc1[nH]cnc1C1(C(=O)O)CC(N)C1. The molecule has 0 unspecified atom stereocenters. The fourth-order valence-corrected chi connectivity index (χ4v) is 2.15. The average Bonchev–Trinajstić information content (AvgIpc) is 2.45. The summed E-state index contributed by atoms with van der Waals surface area (Å²) in [6.45, 7) is 1.83. The number of imidazole rings is 1. The van der Waals surface area contributed by atoms with Crippen LogP contribution in [-0.4, -0.2) is 27.1 Å². The number of aliphatic carboxylic acids is 1. The highest BCUT2D eigenvalue weighted by atomic mass is 16.4. The summed E-state index contributed by atoms with van der Waals surface area (Å²) in [6.07, 6.45) is 2.49. The second-order valence-electron chi connectivity index (χ2n) is 3.93. The van der Waals surface area contributed by atoms with Crippen molar-refractivity contribution >= 4 is 5.97 Å². The number of aromatic nitrogens is 2. The molecule has 0 saturated heterocycles. The molecule has 1 aromatic heterocycles. The molecule has 0 bridgehead atoms. The molecule has 0 amide bonds. The summed E-state index contributed by atoms with van der Waals surface area (Å²) < 4.78 is 0. The molecule has 4 N–H and O–H groups in total. The van der Waals surface area contributed by atoms with Crippen LogP contribution >= 0.6 is 0 Å². The Balaban J connectivity index is 2.39. The molecule has 1 heterocycles. The van der Waals surface area contributed by atoms with Gasteiger partial charge in [-0.05, 0) is 19.8 Å². The van der Waals surface area contributed by atoms with Gasteiger partial charge in [-0.3, -0.25) is 4.79 Å². The molecular weight excluding hydrogens is 182 g/mol. The number of carbonyl (C=O) groups is 1. The number of nitrogens with one attached hydrogen (secondary N) is 1. The van der Waals surface area contributed by atoms with E-state index >= 15 is 0 Å². The smallest absolute Gasteiger partial charge is 0.315 e. The number of carboxylic acid groups (broad SMARTS) is 1. The van der Waals surface area contributed by atoms with Gasteiger partial charge < -0.3 is 15.8 Å². The number of hydrogen-bond acceptors (Lipinski definition) is 3. The summed E-state index contributed by atoms with van der Waals surface area (Å²) in [5.41, 5.74) is 6.25. The Morgan fingerprint density at radius 1 is 1.79 bits per heavy atom. The van der Waals surface area contributed by atoms with Crippen LogP contribution in [0.2, 0.25) is 0 Å². The van der Waals surface area contributed by atoms with Crippen LogP contribution in [-0.2, 0) is 10.2 Å². The first-order valence-corrected chi connectivity index (χ1v) is 4.56. The quantitative estimate of drug-likeness (QED) is 0.626. The van der Waals surface area contributed by atoms with Crippen molar-refractivity contribution in [3.8, 4) is 0 Å². The molecule has 1 aliphatic rings. The maximum atomic E-state index is 11.2. The van der Waals surface area contributed by atoms with Gasteiger partial charge in [-0.15, -0.1) is 0 Å². The lowest BCUT2D eigenvalue weighted by molar-refractivity contribution is -0.148. The van der Waals surface area contributed by atoms with Crippen LogP contribution < -0.4 is 5.73 Å². The minimum Gasteiger partial charge on any atom is -0.481 e. The lowest BCUT2D eigenvalue weighted by atomic mass is 9.63. The van der Waals surface area contributed by atoms with E-state index in [1.54, 1.807) is 0 Å². The Morgan fingerprint density at radius 3 is 2.79 bits per heavy atom. The third kappa shape index (κ3) is 1.05. The van der Waals surface area contributed by atoms with E-state index in [9.17, 15) is 9.90 Å². The van der Waals surface area contributed by atoms with E-state index in [1.807, 2.05) is 6.92 Å². The van der Waals surface area contributed by atoms with Gasteiger partial charge in [0, 0.05) is 11.7 Å². The lowest BCUT2D eigenvalue weighted by Gasteiger charge is -2.41. The minimum absolute atomic E-state index is 0.0119. The Kier molecular flexibility index (Phi) is 1.85. The van der Waals surface area contributed by atoms with Crippen molar-refractivity contribution in [3.63, 3.8) is 0 Å². The fraction of sp³-hybridized carbons (Fsp3) is 0.556.